The van der Waals surface area contributed by atoms with E-state index in [0.717, 1.165) is 43.2 Å². The first-order valence-corrected chi connectivity index (χ1v) is 12.1. The maximum Gasteiger partial charge on any atom is 0.407 e. The van der Waals surface area contributed by atoms with Crippen LogP contribution in [0.3, 0.4) is 0 Å². The lowest BCUT2D eigenvalue weighted by Gasteiger charge is -2.41. The predicted octanol–water partition coefficient (Wildman–Crippen LogP) is 4.06. The summed E-state index contributed by atoms with van der Waals surface area (Å²) in [5.41, 5.74) is 4.34. The monoisotopic (exact) mass is 462 g/mol. The van der Waals surface area contributed by atoms with Gasteiger partial charge >= 0.3 is 12.1 Å². The molecular weight excluding hydrogens is 432 g/mol. The lowest BCUT2D eigenvalue weighted by Crippen LogP contribution is -2.48. The van der Waals surface area contributed by atoms with Crippen LogP contribution in [0.4, 0.5) is 4.79 Å². The minimum absolute atomic E-state index is 0.00281. The van der Waals surface area contributed by atoms with Crippen LogP contribution in [0.1, 0.15) is 55.6 Å². The van der Waals surface area contributed by atoms with E-state index < -0.39 is 18.1 Å². The van der Waals surface area contributed by atoms with Crippen LogP contribution in [0.25, 0.3) is 11.1 Å². The molecule has 0 radical (unpaired) electrons. The van der Waals surface area contributed by atoms with Gasteiger partial charge < -0.3 is 20.5 Å². The van der Waals surface area contributed by atoms with E-state index in [4.69, 9.17) is 4.74 Å². The largest absolute Gasteiger partial charge is 0.480 e. The van der Waals surface area contributed by atoms with Crippen molar-refractivity contribution in [3.8, 4) is 11.1 Å². The molecule has 1 unspecified atom stereocenters. The molecule has 2 amide bonds. The molecule has 5 rings (SSSR count). The van der Waals surface area contributed by atoms with E-state index in [0.29, 0.717) is 6.54 Å². The van der Waals surface area contributed by atoms with Gasteiger partial charge in [-0.1, -0.05) is 55.0 Å². The summed E-state index contributed by atoms with van der Waals surface area (Å²) in [7, 11) is 0. The van der Waals surface area contributed by atoms with Gasteiger partial charge in [0.05, 0.1) is 0 Å². The predicted molar refractivity (Wildman–Crippen MR) is 126 cm³/mol. The smallest absolute Gasteiger partial charge is 0.407 e. The third kappa shape index (κ3) is 4.52. The zero-order valence-corrected chi connectivity index (χ0v) is 19.1. The Morgan fingerprint density at radius 2 is 1.62 bits per heavy atom. The summed E-state index contributed by atoms with van der Waals surface area (Å²) >= 11 is 0. The maximum atomic E-state index is 12.6. The van der Waals surface area contributed by atoms with Gasteiger partial charge in [0, 0.05) is 18.9 Å². The van der Waals surface area contributed by atoms with E-state index in [1.807, 2.05) is 24.3 Å². The van der Waals surface area contributed by atoms with Gasteiger partial charge in [0.15, 0.2) is 0 Å². The number of benzene rings is 2. The van der Waals surface area contributed by atoms with Crippen molar-refractivity contribution in [3.63, 3.8) is 0 Å². The highest BCUT2D eigenvalue weighted by molar-refractivity contribution is 5.84. The molecule has 2 saturated carbocycles. The van der Waals surface area contributed by atoms with E-state index in [9.17, 15) is 19.5 Å². The van der Waals surface area contributed by atoms with Crippen molar-refractivity contribution in [2.75, 3.05) is 13.2 Å². The number of fused-ring (bicyclic) bond motifs is 3. The van der Waals surface area contributed by atoms with Gasteiger partial charge in [-0.15, -0.1) is 0 Å². The Morgan fingerprint density at radius 3 is 2.15 bits per heavy atom. The van der Waals surface area contributed by atoms with Crippen molar-refractivity contribution in [1.29, 1.82) is 0 Å². The normalized spacial score (nSPS) is 18.7. The van der Waals surface area contributed by atoms with Crippen LogP contribution in [0.5, 0.6) is 0 Å². The molecule has 2 aromatic carbocycles. The zero-order valence-electron chi connectivity index (χ0n) is 19.1. The van der Waals surface area contributed by atoms with Crippen LogP contribution in [-0.2, 0) is 14.3 Å². The lowest BCUT2D eigenvalue weighted by atomic mass is 9.66. The molecular formula is C27H30N2O5. The second-order valence-corrected chi connectivity index (χ2v) is 9.93. The molecule has 0 aromatic heterocycles. The van der Waals surface area contributed by atoms with Gasteiger partial charge in [-0.05, 0) is 59.3 Å². The fourth-order valence-corrected chi connectivity index (χ4v) is 5.38. The number of hydrogen-bond acceptors (Lipinski definition) is 4. The third-order valence-electron chi connectivity index (χ3n) is 7.58. The molecule has 2 aromatic rings. The highest BCUT2D eigenvalue weighted by Crippen LogP contribution is 2.45. The summed E-state index contributed by atoms with van der Waals surface area (Å²) in [4.78, 5) is 36.5. The van der Waals surface area contributed by atoms with Gasteiger partial charge in [-0.2, -0.15) is 0 Å². The molecule has 178 valence electrons. The second-order valence-electron chi connectivity index (χ2n) is 9.93. The molecule has 0 aliphatic heterocycles. The van der Waals surface area contributed by atoms with Gasteiger partial charge in [-0.25, -0.2) is 9.59 Å². The molecule has 3 aliphatic rings. The SMILES string of the molecule is O=C(CC1(CNC(=O)OCC2c3ccccc3-c3ccccc32)CCC1)NC(C(=O)O)C1CC1. The van der Waals surface area contributed by atoms with Crippen molar-refractivity contribution < 1.29 is 24.2 Å². The molecule has 0 saturated heterocycles. The minimum atomic E-state index is -0.977. The molecule has 3 N–H and O–H groups in total. The van der Waals surface area contributed by atoms with Crippen molar-refractivity contribution >= 4 is 18.0 Å². The summed E-state index contributed by atoms with van der Waals surface area (Å²) in [6.45, 7) is 0.591. The number of carboxylic acid groups (broad SMARTS) is 1. The average molecular weight is 463 g/mol. The van der Waals surface area contributed by atoms with Gasteiger partial charge in [-0.3, -0.25) is 4.79 Å². The number of aliphatic carboxylic acids is 1. The number of carbonyl (C=O) groups is 3. The molecule has 0 bridgehead atoms. The standard InChI is InChI=1S/C27H30N2O5/c30-23(29-24(25(31)32)17-10-11-17)14-27(12-5-13-27)16-28-26(33)34-15-22-20-8-3-1-6-18(20)19-7-2-4-9-21(19)22/h1-4,6-9,17,22,24H,5,10-16H2,(H,28,33)(H,29,30)(H,31,32). The van der Waals surface area contributed by atoms with Crippen LogP contribution < -0.4 is 10.6 Å². The first kappa shape index (κ1) is 22.4. The maximum absolute atomic E-state index is 12.6. The third-order valence-corrected chi connectivity index (χ3v) is 7.58. The first-order valence-electron chi connectivity index (χ1n) is 12.1. The quantitative estimate of drug-likeness (QED) is 0.521. The molecule has 0 spiro atoms. The Kier molecular flexibility index (Phi) is 6.02. The van der Waals surface area contributed by atoms with Gasteiger partial charge in [0.1, 0.15) is 12.6 Å². The van der Waals surface area contributed by atoms with Crippen LogP contribution in [-0.4, -0.2) is 42.3 Å². The van der Waals surface area contributed by atoms with Crippen molar-refractivity contribution in [2.24, 2.45) is 11.3 Å². The number of nitrogens with one attached hydrogen (secondary N) is 2. The van der Waals surface area contributed by atoms with E-state index in [-0.39, 0.29) is 36.2 Å². The highest BCUT2D eigenvalue weighted by Gasteiger charge is 2.42. The van der Waals surface area contributed by atoms with E-state index in [1.165, 1.54) is 11.1 Å². The molecule has 7 nitrogen and oxygen atoms in total. The zero-order chi connectivity index (χ0) is 23.7. The lowest BCUT2D eigenvalue weighted by molar-refractivity contribution is -0.143. The fraction of sp³-hybridized carbons (Fsp3) is 0.444. The Morgan fingerprint density at radius 1 is 1.00 bits per heavy atom. The fourth-order valence-electron chi connectivity index (χ4n) is 5.38. The first-order chi connectivity index (χ1) is 16.5. The average Bonchev–Trinajstić information content (AvgIpc) is 3.60. The van der Waals surface area contributed by atoms with Crippen molar-refractivity contribution in [3.05, 3.63) is 59.7 Å². The van der Waals surface area contributed by atoms with E-state index in [2.05, 4.69) is 34.9 Å². The summed E-state index contributed by atoms with van der Waals surface area (Å²) in [5.74, 6) is -1.20. The van der Waals surface area contributed by atoms with E-state index >= 15 is 0 Å². The van der Waals surface area contributed by atoms with Gasteiger partial charge in [0.2, 0.25) is 5.91 Å². The molecule has 2 fully saturated rings. The number of alkyl carbamates (subject to hydrolysis) is 1. The van der Waals surface area contributed by atoms with Crippen LogP contribution in [0, 0.1) is 11.3 Å². The van der Waals surface area contributed by atoms with Crippen molar-refractivity contribution in [1.82, 2.24) is 10.6 Å². The number of ether oxygens (including phenoxy) is 1. The van der Waals surface area contributed by atoms with Crippen molar-refractivity contribution in [2.45, 2.75) is 50.5 Å². The number of amides is 2. The van der Waals surface area contributed by atoms with Crippen LogP contribution in [0.15, 0.2) is 48.5 Å². The van der Waals surface area contributed by atoms with Gasteiger partial charge in [0.25, 0.3) is 0 Å². The summed E-state index contributed by atoms with van der Waals surface area (Å²) < 4.78 is 5.62. The molecule has 3 aliphatic carbocycles. The highest BCUT2D eigenvalue weighted by atomic mass is 16.5. The molecule has 7 heteroatoms. The van der Waals surface area contributed by atoms with Crippen LogP contribution >= 0.6 is 0 Å². The van der Waals surface area contributed by atoms with E-state index in [1.54, 1.807) is 0 Å². The number of rotatable bonds is 9. The summed E-state index contributed by atoms with van der Waals surface area (Å²) in [5, 5.41) is 14.9. The number of carboxylic acids is 1. The molecule has 34 heavy (non-hydrogen) atoms. The Hall–Kier alpha value is -3.35. The molecule has 0 heterocycles. The Bertz CT molecular complexity index is 1060. The second kappa shape index (κ2) is 9.12. The Labute approximate surface area is 198 Å². The number of carbonyl (C=O) groups excluding carboxylic acids is 2. The minimum Gasteiger partial charge on any atom is -0.480 e. The topological polar surface area (TPSA) is 105 Å². The van der Waals surface area contributed by atoms with Crippen LogP contribution in [0.2, 0.25) is 0 Å². The molecule has 1 atom stereocenters. The Balaban J connectivity index is 1.15. The summed E-state index contributed by atoms with van der Waals surface area (Å²) in [6, 6.07) is 15.6. The summed E-state index contributed by atoms with van der Waals surface area (Å²) in [6.07, 6.45) is 4.04. The number of hydrogen-bond donors (Lipinski definition) is 3.